The SMILES string of the molecule is CCN(CCNC(=O)c1cnc2cc(I)ccc2n1)C(C)NC(=O)c1ccnc(F)c1. The van der Waals surface area contributed by atoms with Crippen LogP contribution >= 0.6 is 22.6 Å². The second-order valence-electron chi connectivity index (χ2n) is 6.79. The predicted octanol–water partition coefficient (Wildman–Crippen LogP) is 2.60. The van der Waals surface area contributed by atoms with Gasteiger partial charge in [0, 0.05) is 34.5 Å². The lowest BCUT2D eigenvalue weighted by molar-refractivity contribution is 0.0855. The highest BCUT2D eigenvalue weighted by Gasteiger charge is 2.17. The summed E-state index contributed by atoms with van der Waals surface area (Å²) in [6.07, 6.45) is 2.40. The molecule has 3 rings (SSSR count). The fraction of sp³-hybridized carbons (Fsp3) is 0.286. The fourth-order valence-electron chi connectivity index (χ4n) is 3.03. The van der Waals surface area contributed by atoms with Gasteiger partial charge in [-0.2, -0.15) is 4.39 Å². The van der Waals surface area contributed by atoms with E-state index in [4.69, 9.17) is 0 Å². The molecule has 0 spiro atoms. The Kier molecular flexibility index (Phi) is 7.80. The Bertz CT molecular complexity index is 1100. The van der Waals surface area contributed by atoms with Gasteiger partial charge < -0.3 is 10.6 Å². The quantitative estimate of drug-likeness (QED) is 0.261. The predicted molar refractivity (Wildman–Crippen MR) is 123 cm³/mol. The number of rotatable bonds is 8. The first-order chi connectivity index (χ1) is 14.9. The molecule has 1 unspecified atom stereocenters. The lowest BCUT2D eigenvalue weighted by Crippen LogP contribution is -2.48. The van der Waals surface area contributed by atoms with E-state index < -0.39 is 11.9 Å². The Morgan fingerprint density at radius 1 is 1.16 bits per heavy atom. The minimum atomic E-state index is -0.707. The van der Waals surface area contributed by atoms with E-state index in [2.05, 4.69) is 48.2 Å². The number of aromatic nitrogens is 3. The molecule has 8 nitrogen and oxygen atoms in total. The number of amides is 2. The third-order valence-electron chi connectivity index (χ3n) is 4.70. The highest BCUT2D eigenvalue weighted by atomic mass is 127. The summed E-state index contributed by atoms with van der Waals surface area (Å²) in [5.74, 6) is -1.41. The van der Waals surface area contributed by atoms with Crippen molar-refractivity contribution in [3.63, 3.8) is 0 Å². The van der Waals surface area contributed by atoms with Crippen molar-refractivity contribution >= 4 is 45.4 Å². The molecule has 31 heavy (non-hydrogen) atoms. The van der Waals surface area contributed by atoms with Gasteiger partial charge >= 0.3 is 0 Å². The van der Waals surface area contributed by atoms with Crippen LogP contribution in [-0.2, 0) is 0 Å². The van der Waals surface area contributed by atoms with Gasteiger partial charge in [-0.15, -0.1) is 0 Å². The van der Waals surface area contributed by atoms with E-state index in [1.54, 1.807) is 0 Å². The zero-order chi connectivity index (χ0) is 22.4. The minimum absolute atomic E-state index is 0.202. The van der Waals surface area contributed by atoms with Crippen LogP contribution in [0.25, 0.3) is 11.0 Å². The number of fused-ring (bicyclic) bond motifs is 1. The Balaban J connectivity index is 1.53. The third kappa shape index (κ3) is 6.14. The molecule has 2 aromatic heterocycles. The molecule has 2 amide bonds. The van der Waals surface area contributed by atoms with Crippen molar-refractivity contribution < 1.29 is 14.0 Å². The van der Waals surface area contributed by atoms with Crippen molar-refractivity contribution in [2.24, 2.45) is 0 Å². The van der Waals surface area contributed by atoms with Gasteiger partial charge in [0.05, 0.1) is 23.4 Å². The Morgan fingerprint density at radius 2 is 1.97 bits per heavy atom. The molecule has 0 saturated carbocycles. The van der Waals surface area contributed by atoms with Crippen molar-refractivity contribution in [1.82, 2.24) is 30.5 Å². The van der Waals surface area contributed by atoms with Crippen LogP contribution in [0.3, 0.4) is 0 Å². The maximum absolute atomic E-state index is 13.2. The van der Waals surface area contributed by atoms with E-state index in [-0.39, 0.29) is 23.3 Å². The van der Waals surface area contributed by atoms with Crippen LogP contribution in [0, 0.1) is 9.52 Å². The maximum Gasteiger partial charge on any atom is 0.271 e. The summed E-state index contributed by atoms with van der Waals surface area (Å²) in [4.78, 5) is 38.8. The zero-order valence-electron chi connectivity index (χ0n) is 17.1. The first kappa shape index (κ1) is 22.9. The number of carbonyl (C=O) groups excluding carboxylic acids is 2. The van der Waals surface area contributed by atoms with E-state index in [9.17, 15) is 14.0 Å². The molecule has 162 valence electrons. The highest BCUT2D eigenvalue weighted by Crippen LogP contribution is 2.13. The van der Waals surface area contributed by atoms with Gasteiger partial charge in [-0.1, -0.05) is 6.92 Å². The molecule has 2 N–H and O–H groups in total. The largest absolute Gasteiger partial charge is 0.349 e. The van der Waals surface area contributed by atoms with E-state index >= 15 is 0 Å². The molecular weight excluding hydrogens is 514 g/mol. The Labute approximate surface area is 192 Å². The summed E-state index contributed by atoms with van der Waals surface area (Å²) in [7, 11) is 0. The molecule has 0 aliphatic rings. The molecule has 3 aromatic rings. The summed E-state index contributed by atoms with van der Waals surface area (Å²) in [6, 6.07) is 8.18. The smallest absolute Gasteiger partial charge is 0.271 e. The number of halogens is 2. The van der Waals surface area contributed by atoms with Crippen LogP contribution in [0.5, 0.6) is 0 Å². The number of likely N-dealkylation sites (N-methyl/N-ethyl adjacent to an activating group) is 1. The normalized spacial score (nSPS) is 12.0. The second-order valence-corrected chi connectivity index (χ2v) is 8.04. The van der Waals surface area contributed by atoms with Gasteiger partial charge in [-0.25, -0.2) is 9.97 Å². The van der Waals surface area contributed by atoms with E-state index in [1.807, 2.05) is 36.9 Å². The van der Waals surface area contributed by atoms with Gasteiger partial charge in [0.15, 0.2) is 0 Å². The molecule has 1 aromatic carbocycles. The number of pyridine rings is 1. The van der Waals surface area contributed by atoms with E-state index in [0.29, 0.717) is 25.2 Å². The van der Waals surface area contributed by atoms with Crippen molar-refractivity contribution in [3.8, 4) is 0 Å². The third-order valence-corrected chi connectivity index (χ3v) is 5.38. The number of benzene rings is 1. The standard InChI is InChI=1S/C21H22FIN6O2/c1-3-29(13(2)27-20(30)14-6-7-24-19(22)10-14)9-8-25-21(31)18-12-26-17-11-15(23)4-5-16(17)28-18/h4-7,10-13H,3,8-9H2,1-2H3,(H,25,31)(H,27,30). The molecule has 1 atom stereocenters. The summed E-state index contributed by atoms with van der Waals surface area (Å²) in [6.45, 7) is 5.30. The van der Waals surface area contributed by atoms with Crippen LogP contribution in [0.4, 0.5) is 4.39 Å². The topological polar surface area (TPSA) is 100 Å². The lowest BCUT2D eigenvalue weighted by atomic mass is 10.2. The van der Waals surface area contributed by atoms with Crippen molar-refractivity contribution in [2.75, 3.05) is 19.6 Å². The average molecular weight is 536 g/mol. The molecule has 0 fully saturated rings. The Morgan fingerprint density at radius 3 is 2.71 bits per heavy atom. The summed E-state index contributed by atoms with van der Waals surface area (Å²) in [5.41, 5.74) is 1.84. The number of hydrogen-bond donors (Lipinski definition) is 2. The van der Waals surface area contributed by atoms with Crippen LogP contribution < -0.4 is 10.6 Å². The fourth-order valence-corrected chi connectivity index (χ4v) is 3.51. The van der Waals surface area contributed by atoms with E-state index in [1.165, 1.54) is 18.5 Å². The highest BCUT2D eigenvalue weighted by molar-refractivity contribution is 14.1. The van der Waals surface area contributed by atoms with Crippen molar-refractivity contribution in [3.05, 3.63) is 63.5 Å². The molecule has 0 aliphatic heterocycles. The molecule has 0 saturated heterocycles. The molecule has 0 aliphatic carbocycles. The van der Waals surface area contributed by atoms with Gasteiger partial charge in [0.2, 0.25) is 5.95 Å². The Hall–Kier alpha value is -2.73. The first-order valence-corrected chi connectivity index (χ1v) is 10.8. The molecule has 10 heteroatoms. The molecular formula is C21H22FIN6O2. The van der Waals surface area contributed by atoms with Crippen LogP contribution in [-0.4, -0.2) is 57.5 Å². The first-order valence-electron chi connectivity index (χ1n) is 9.74. The summed E-state index contributed by atoms with van der Waals surface area (Å²) >= 11 is 2.20. The summed E-state index contributed by atoms with van der Waals surface area (Å²) in [5, 5.41) is 5.66. The number of nitrogens with one attached hydrogen (secondary N) is 2. The van der Waals surface area contributed by atoms with E-state index in [0.717, 1.165) is 15.2 Å². The zero-order valence-corrected chi connectivity index (χ0v) is 19.3. The van der Waals surface area contributed by atoms with Crippen LogP contribution in [0.1, 0.15) is 34.7 Å². The van der Waals surface area contributed by atoms with Gasteiger partial charge in [-0.05, 0) is 60.3 Å². The molecule has 0 bridgehead atoms. The van der Waals surface area contributed by atoms with Crippen LogP contribution in [0.15, 0.2) is 42.7 Å². The molecule has 0 radical (unpaired) electrons. The maximum atomic E-state index is 13.2. The van der Waals surface area contributed by atoms with Crippen molar-refractivity contribution in [1.29, 1.82) is 0 Å². The monoisotopic (exact) mass is 536 g/mol. The van der Waals surface area contributed by atoms with Crippen LogP contribution in [0.2, 0.25) is 0 Å². The minimum Gasteiger partial charge on any atom is -0.349 e. The average Bonchev–Trinajstić information content (AvgIpc) is 2.76. The number of nitrogens with zero attached hydrogens (tertiary/aromatic N) is 4. The lowest BCUT2D eigenvalue weighted by Gasteiger charge is -2.28. The van der Waals surface area contributed by atoms with Gasteiger partial charge in [0.1, 0.15) is 5.69 Å². The van der Waals surface area contributed by atoms with Gasteiger partial charge in [-0.3, -0.25) is 19.5 Å². The van der Waals surface area contributed by atoms with Gasteiger partial charge in [0.25, 0.3) is 11.8 Å². The summed E-state index contributed by atoms with van der Waals surface area (Å²) < 4.78 is 14.3. The molecule has 2 heterocycles. The second kappa shape index (κ2) is 10.5. The van der Waals surface area contributed by atoms with Crippen molar-refractivity contribution in [2.45, 2.75) is 20.0 Å². The number of hydrogen-bond acceptors (Lipinski definition) is 6. The number of carbonyl (C=O) groups is 2.